The number of nitrogens with two attached hydrogens (primary N) is 1. The van der Waals surface area contributed by atoms with Crippen molar-refractivity contribution in [1.29, 1.82) is 0 Å². The average molecular weight is 326 g/mol. The number of likely N-dealkylation sites (N-methyl/N-ethyl adjacent to an activating group) is 1. The summed E-state index contributed by atoms with van der Waals surface area (Å²) in [5, 5.41) is 0.476. The molecule has 11 nitrogen and oxygen atoms in total. The van der Waals surface area contributed by atoms with Gasteiger partial charge in [-0.2, -0.15) is 13.5 Å². The van der Waals surface area contributed by atoms with Gasteiger partial charge in [0, 0.05) is 13.1 Å². The number of hydroxylamine groups is 3. The SMILES string of the molecule is CCN1C(=O)N(OS(=O)(=O)O)CC[C@H]1C(=O)NOCCN. The molecule has 0 unspecified atom stereocenters. The van der Waals surface area contributed by atoms with E-state index in [2.05, 4.69) is 9.76 Å². The molecule has 0 spiro atoms. The minimum absolute atomic E-state index is 0.104. The molecule has 1 aliphatic heterocycles. The summed E-state index contributed by atoms with van der Waals surface area (Å²) in [5.41, 5.74) is 7.36. The highest BCUT2D eigenvalue weighted by molar-refractivity contribution is 7.80. The Hall–Kier alpha value is -1.47. The van der Waals surface area contributed by atoms with Crippen molar-refractivity contribution in [3.8, 4) is 0 Å². The van der Waals surface area contributed by atoms with Crippen LogP contribution in [0.1, 0.15) is 13.3 Å². The zero-order chi connectivity index (χ0) is 16.0. The van der Waals surface area contributed by atoms with Crippen LogP contribution in [0.15, 0.2) is 0 Å². The molecule has 0 aromatic carbocycles. The maximum absolute atomic E-state index is 12.0. The molecule has 1 heterocycles. The fraction of sp³-hybridized carbons (Fsp3) is 0.778. The van der Waals surface area contributed by atoms with Gasteiger partial charge in [-0.3, -0.25) is 14.2 Å². The quantitative estimate of drug-likeness (QED) is 0.283. The van der Waals surface area contributed by atoms with Gasteiger partial charge in [0.15, 0.2) is 0 Å². The summed E-state index contributed by atoms with van der Waals surface area (Å²) in [5.74, 6) is -0.551. The number of carbonyl (C=O) groups is 2. The predicted molar refractivity (Wildman–Crippen MR) is 68.7 cm³/mol. The molecular weight excluding hydrogens is 308 g/mol. The molecule has 12 heteroatoms. The van der Waals surface area contributed by atoms with E-state index >= 15 is 0 Å². The van der Waals surface area contributed by atoms with Crippen molar-refractivity contribution in [2.75, 3.05) is 26.2 Å². The van der Waals surface area contributed by atoms with Crippen LogP contribution in [0, 0.1) is 0 Å². The highest BCUT2D eigenvalue weighted by Gasteiger charge is 2.38. The zero-order valence-electron chi connectivity index (χ0n) is 11.4. The Morgan fingerprint density at radius 3 is 2.76 bits per heavy atom. The van der Waals surface area contributed by atoms with Gasteiger partial charge in [-0.25, -0.2) is 10.3 Å². The number of rotatable bonds is 7. The third-order valence-corrected chi connectivity index (χ3v) is 3.03. The molecule has 0 aromatic rings. The number of hydrogen-bond donors (Lipinski definition) is 3. The molecule has 0 aliphatic carbocycles. The number of carbonyl (C=O) groups excluding carboxylic acids is 2. The van der Waals surface area contributed by atoms with Crippen LogP contribution in [0.4, 0.5) is 4.79 Å². The molecule has 4 N–H and O–H groups in total. The number of urea groups is 1. The van der Waals surface area contributed by atoms with Gasteiger partial charge >= 0.3 is 16.4 Å². The van der Waals surface area contributed by atoms with E-state index in [-0.39, 0.29) is 32.7 Å². The summed E-state index contributed by atoms with van der Waals surface area (Å²) in [7, 11) is -4.80. The Morgan fingerprint density at radius 1 is 1.57 bits per heavy atom. The molecule has 0 radical (unpaired) electrons. The van der Waals surface area contributed by atoms with E-state index in [0.29, 0.717) is 5.06 Å². The first-order valence-corrected chi connectivity index (χ1v) is 7.53. The standard InChI is InChI=1S/C9H18N4O7S/c1-2-12-7(8(14)11-19-6-4-10)3-5-13(9(12)15)20-21(16,17)18/h7H,2-6,10H2,1H3,(H,11,14)(H,16,17,18)/t7-/m0/s1. The molecule has 1 rings (SSSR count). The molecule has 0 bridgehead atoms. The number of nitrogens with one attached hydrogen (secondary N) is 1. The first-order chi connectivity index (χ1) is 9.80. The smallest absolute Gasteiger partial charge is 0.328 e. The van der Waals surface area contributed by atoms with Gasteiger partial charge in [0.05, 0.1) is 13.2 Å². The maximum Gasteiger partial charge on any atom is 0.418 e. The summed E-state index contributed by atoms with van der Waals surface area (Å²) < 4.78 is 34.0. The molecule has 1 atom stereocenters. The molecule has 3 amide bonds. The largest absolute Gasteiger partial charge is 0.418 e. The lowest BCUT2D eigenvalue weighted by Gasteiger charge is -2.38. The van der Waals surface area contributed by atoms with Crippen molar-refractivity contribution < 1.29 is 31.7 Å². The number of amides is 3. The van der Waals surface area contributed by atoms with Gasteiger partial charge in [-0.15, -0.1) is 4.28 Å². The third-order valence-electron chi connectivity index (χ3n) is 2.66. The van der Waals surface area contributed by atoms with Crippen LogP contribution >= 0.6 is 0 Å². The number of hydrogen-bond acceptors (Lipinski definition) is 7. The minimum Gasteiger partial charge on any atom is -0.328 e. The van der Waals surface area contributed by atoms with Crippen LogP contribution in [0.3, 0.4) is 0 Å². The van der Waals surface area contributed by atoms with Gasteiger partial charge in [0.25, 0.3) is 5.91 Å². The van der Waals surface area contributed by atoms with Crippen LogP contribution < -0.4 is 11.2 Å². The topological polar surface area (TPSA) is 152 Å². The van der Waals surface area contributed by atoms with E-state index in [0.717, 1.165) is 4.90 Å². The van der Waals surface area contributed by atoms with E-state index < -0.39 is 28.4 Å². The van der Waals surface area contributed by atoms with Crippen LogP contribution in [-0.4, -0.2) is 67.2 Å². The van der Waals surface area contributed by atoms with Gasteiger partial charge in [-0.05, 0) is 13.3 Å². The summed E-state index contributed by atoms with van der Waals surface area (Å²) >= 11 is 0. The molecule has 0 saturated carbocycles. The van der Waals surface area contributed by atoms with E-state index in [1.165, 1.54) is 0 Å². The summed E-state index contributed by atoms with van der Waals surface area (Å²) in [6.45, 7) is 1.91. The highest BCUT2D eigenvalue weighted by Crippen LogP contribution is 2.17. The fourth-order valence-electron chi connectivity index (χ4n) is 1.83. The molecule has 1 saturated heterocycles. The molecule has 1 aliphatic rings. The van der Waals surface area contributed by atoms with Crippen molar-refractivity contribution in [1.82, 2.24) is 15.4 Å². The lowest BCUT2D eigenvalue weighted by atomic mass is 10.1. The van der Waals surface area contributed by atoms with E-state index in [9.17, 15) is 18.0 Å². The second-order valence-electron chi connectivity index (χ2n) is 4.08. The van der Waals surface area contributed by atoms with E-state index in [1.807, 2.05) is 0 Å². The van der Waals surface area contributed by atoms with Crippen LogP contribution in [0.2, 0.25) is 0 Å². The molecular formula is C9H18N4O7S. The van der Waals surface area contributed by atoms with Crippen molar-refractivity contribution in [3.63, 3.8) is 0 Å². The van der Waals surface area contributed by atoms with Gasteiger partial charge in [-0.1, -0.05) is 0 Å². The van der Waals surface area contributed by atoms with Gasteiger partial charge in [0.2, 0.25) is 0 Å². The Bertz CT molecular complexity index is 482. The van der Waals surface area contributed by atoms with Crippen molar-refractivity contribution >= 4 is 22.3 Å². The second-order valence-corrected chi connectivity index (χ2v) is 5.09. The first-order valence-electron chi connectivity index (χ1n) is 6.17. The molecule has 0 aromatic heterocycles. The molecule has 122 valence electrons. The summed E-state index contributed by atoms with van der Waals surface area (Å²) in [6.07, 6.45) is 0.104. The lowest BCUT2D eigenvalue weighted by molar-refractivity contribution is -0.142. The zero-order valence-corrected chi connectivity index (χ0v) is 12.2. The Balaban J connectivity index is 2.70. The predicted octanol–water partition coefficient (Wildman–Crippen LogP) is -1.76. The first kappa shape index (κ1) is 17.6. The minimum atomic E-state index is -4.80. The van der Waals surface area contributed by atoms with Gasteiger partial charge < -0.3 is 10.6 Å². The molecule has 1 fully saturated rings. The second kappa shape index (κ2) is 7.51. The van der Waals surface area contributed by atoms with Crippen molar-refractivity contribution in [2.24, 2.45) is 5.73 Å². The molecule has 21 heavy (non-hydrogen) atoms. The normalized spacial score (nSPS) is 19.8. The highest BCUT2D eigenvalue weighted by atomic mass is 32.3. The maximum atomic E-state index is 12.0. The lowest BCUT2D eigenvalue weighted by Crippen LogP contribution is -2.59. The Labute approximate surface area is 121 Å². The Kier molecular flexibility index (Phi) is 6.29. The number of nitrogens with zero attached hydrogens (tertiary/aromatic N) is 2. The van der Waals surface area contributed by atoms with Crippen molar-refractivity contribution in [2.45, 2.75) is 19.4 Å². The van der Waals surface area contributed by atoms with Crippen LogP contribution in [0.5, 0.6) is 0 Å². The van der Waals surface area contributed by atoms with Gasteiger partial charge in [0.1, 0.15) is 6.04 Å². The summed E-state index contributed by atoms with van der Waals surface area (Å²) in [6, 6.07) is -1.68. The summed E-state index contributed by atoms with van der Waals surface area (Å²) in [4.78, 5) is 29.8. The third kappa shape index (κ3) is 5.09. The monoisotopic (exact) mass is 326 g/mol. The Morgan fingerprint density at radius 2 is 2.24 bits per heavy atom. The average Bonchev–Trinajstić information content (AvgIpc) is 2.39. The van der Waals surface area contributed by atoms with Crippen LogP contribution in [-0.2, 0) is 24.3 Å². The van der Waals surface area contributed by atoms with E-state index in [4.69, 9.17) is 15.1 Å². The van der Waals surface area contributed by atoms with Crippen molar-refractivity contribution in [3.05, 3.63) is 0 Å². The fourth-order valence-corrected chi connectivity index (χ4v) is 2.19. The van der Waals surface area contributed by atoms with E-state index in [1.54, 1.807) is 6.92 Å². The van der Waals surface area contributed by atoms with Crippen LogP contribution in [0.25, 0.3) is 0 Å².